The molecule has 3 rings (SSSR count). The zero-order valence-electron chi connectivity index (χ0n) is 16.0. The topological polar surface area (TPSA) is 50.5 Å². The Balaban J connectivity index is 1.77. The van der Waals surface area contributed by atoms with Crippen molar-refractivity contribution in [3.05, 3.63) is 48.3 Å². The molecule has 2 heterocycles. The van der Waals surface area contributed by atoms with Crippen LogP contribution in [0.3, 0.4) is 0 Å². The number of ether oxygens (including phenoxy) is 1. The number of methoxy groups -OCH3 is 1. The van der Waals surface area contributed by atoms with Gasteiger partial charge in [-0.1, -0.05) is 25.1 Å². The van der Waals surface area contributed by atoms with Crippen LogP contribution in [-0.4, -0.2) is 59.0 Å². The predicted octanol–water partition coefficient (Wildman–Crippen LogP) is 3.44. The number of aliphatic hydroxyl groups excluding tert-OH is 1. The second kappa shape index (κ2) is 8.63. The van der Waals surface area contributed by atoms with Crippen molar-refractivity contribution >= 4 is 0 Å². The van der Waals surface area contributed by atoms with Crippen LogP contribution in [0, 0.1) is 11.8 Å². The highest BCUT2D eigenvalue weighted by atomic mass is 19.4. The minimum absolute atomic E-state index is 0.109. The number of para-hydroxylation sites is 1. The highest BCUT2D eigenvalue weighted by Gasteiger charge is 2.48. The third-order valence-corrected chi connectivity index (χ3v) is 5.55. The van der Waals surface area contributed by atoms with E-state index in [-0.39, 0.29) is 11.8 Å². The van der Waals surface area contributed by atoms with E-state index in [9.17, 15) is 18.3 Å². The number of hydrogen-bond acceptors (Lipinski definition) is 4. The van der Waals surface area contributed by atoms with Crippen molar-refractivity contribution in [3.63, 3.8) is 0 Å². The van der Waals surface area contributed by atoms with Crippen LogP contribution in [0.2, 0.25) is 0 Å². The molecule has 0 spiro atoms. The van der Waals surface area contributed by atoms with Gasteiger partial charge in [0.1, 0.15) is 12.1 Å². The second-order valence-electron chi connectivity index (χ2n) is 7.33. The zero-order valence-corrected chi connectivity index (χ0v) is 16.0. The Morgan fingerprint density at radius 3 is 2.54 bits per heavy atom. The minimum Gasteiger partial charge on any atom is -0.396 e. The predicted molar refractivity (Wildman–Crippen MR) is 99.1 cm³/mol. The molecule has 0 amide bonds. The summed E-state index contributed by atoms with van der Waals surface area (Å²) in [6.07, 6.45) is -3.26. The summed E-state index contributed by atoms with van der Waals surface area (Å²) in [6.45, 7) is 1.96. The van der Waals surface area contributed by atoms with Crippen LogP contribution in [0.5, 0.6) is 0 Å². The molecule has 0 saturated carbocycles. The van der Waals surface area contributed by atoms with Crippen molar-refractivity contribution in [2.24, 2.45) is 11.8 Å². The summed E-state index contributed by atoms with van der Waals surface area (Å²) in [7, 11) is 1.26. The third kappa shape index (κ3) is 4.24. The third-order valence-electron chi connectivity index (χ3n) is 5.55. The fourth-order valence-corrected chi connectivity index (χ4v) is 4.15. The Morgan fingerprint density at radius 1 is 1.25 bits per heavy atom. The lowest BCUT2D eigenvalue weighted by Gasteiger charge is -2.43. The van der Waals surface area contributed by atoms with Crippen LogP contribution in [-0.2, 0) is 4.74 Å². The summed E-state index contributed by atoms with van der Waals surface area (Å²) in [4.78, 5) is 1.69. The summed E-state index contributed by atoms with van der Waals surface area (Å²) < 4.78 is 46.9. The molecule has 2 aromatic rings. The molecule has 28 heavy (non-hydrogen) atoms. The Labute approximate surface area is 162 Å². The van der Waals surface area contributed by atoms with E-state index in [0.29, 0.717) is 19.5 Å². The van der Waals surface area contributed by atoms with E-state index < -0.39 is 24.9 Å². The van der Waals surface area contributed by atoms with Crippen molar-refractivity contribution < 1.29 is 23.0 Å². The number of nitrogens with zero attached hydrogens (tertiary/aromatic N) is 3. The van der Waals surface area contributed by atoms with E-state index in [1.165, 1.54) is 7.11 Å². The number of piperidine rings is 1. The van der Waals surface area contributed by atoms with Gasteiger partial charge >= 0.3 is 6.18 Å². The van der Waals surface area contributed by atoms with Gasteiger partial charge in [0.2, 0.25) is 0 Å². The first-order chi connectivity index (χ1) is 13.4. The van der Waals surface area contributed by atoms with E-state index >= 15 is 0 Å². The van der Waals surface area contributed by atoms with Crippen LogP contribution < -0.4 is 0 Å². The Bertz CT molecular complexity index is 751. The summed E-state index contributed by atoms with van der Waals surface area (Å²) >= 11 is 0. The molecule has 8 heteroatoms. The smallest absolute Gasteiger partial charge is 0.396 e. The highest BCUT2D eigenvalue weighted by molar-refractivity contribution is 5.33. The lowest BCUT2D eigenvalue weighted by atomic mass is 9.83. The van der Waals surface area contributed by atoms with Gasteiger partial charge in [-0.3, -0.25) is 4.90 Å². The second-order valence-corrected chi connectivity index (χ2v) is 7.33. The first-order valence-corrected chi connectivity index (χ1v) is 9.40. The van der Waals surface area contributed by atoms with Gasteiger partial charge < -0.3 is 9.84 Å². The van der Waals surface area contributed by atoms with Gasteiger partial charge in [-0.15, -0.1) is 0 Å². The molecule has 0 aliphatic carbocycles. The van der Waals surface area contributed by atoms with Crippen molar-refractivity contribution in [1.82, 2.24) is 14.7 Å². The van der Waals surface area contributed by atoms with Gasteiger partial charge in [0, 0.05) is 38.0 Å². The molecule has 4 atom stereocenters. The van der Waals surface area contributed by atoms with Gasteiger partial charge in [-0.05, 0) is 30.5 Å². The average molecular weight is 397 g/mol. The Kier molecular flexibility index (Phi) is 6.42. The van der Waals surface area contributed by atoms with E-state index in [2.05, 4.69) is 5.10 Å². The van der Waals surface area contributed by atoms with Gasteiger partial charge in [0.05, 0.1) is 12.3 Å². The largest absolute Gasteiger partial charge is 0.397 e. The van der Waals surface area contributed by atoms with Gasteiger partial charge in [0.25, 0.3) is 0 Å². The summed E-state index contributed by atoms with van der Waals surface area (Å²) in [5.41, 5.74) is 2.02. The maximum atomic E-state index is 13.3. The van der Waals surface area contributed by atoms with Crippen LogP contribution in [0.25, 0.3) is 5.69 Å². The first-order valence-electron chi connectivity index (χ1n) is 9.40. The highest BCUT2D eigenvalue weighted by Crippen LogP contribution is 2.37. The molecule has 5 nitrogen and oxygen atoms in total. The molecule has 1 aromatic heterocycles. The number of rotatable bonds is 6. The molecule has 1 saturated heterocycles. The molecule has 0 radical (unpaired) electrons. The average Bonchev–Trinajstić information content (AvgIpc) is 3.15. The van der Waals surface area contributed by atoms with E-state index in [4.69, 9.17) is 4.74 Å². The standard InChI is InChI=1S/C20H26F3N3O2/c1-14-12-25(19(28-2)17(13-27)20(21,22)23)11-9-16(14)18-8-10-24-26(18)15-6-4-3-5-7-15/h3-8,10,14,16-17,19,27H,9,11-13H2,1-2H3/t14-,16+,17?,19?/m1/s1. The van der Waals surface area contributed by atoms with E-state index in [0.717, 1.165) is 11.4 Å². The number of benzene rings is 1. The molecule has 1 aliphatic rings. The lowest BCUT2D eigenvalue weighted by molar-refractivity contribution is -0.240. The SMILES string of the molecule is COC(C(CO)C(F)(F)F)N1CC[C@H](c2ccnn2-c2ccccc2)[C@H](C)C1. The number of aliphatic hydroxyl groups is 1. The molecule has 154 valence electrons. The van der Waals surface area contributed by atoms with Gasteiger partial charge in [-0.2, -0.15) is 18.3 Å². The zero-order chi connectivity index (χ0) is 20.3. The molecular formula is C20H26F3N3O2. The molecule has 1 N–H and O–H groups in total. The molecular weight excluding hydrogens is 371 g/mol. The number of alkyl halides is 3. The summed E-state index contributed by atoms with van der Waals surface area (Å²) in [5, 5.41) is 13.7. The van der Waals surface area contributed by atoms with Crippen molar-refractivity contribution in [2.75, 3.05) is 26.8 Å². The minimum atomic E-state index is -4.51. The monoisotopic (exact) mass is 397 g/mol. The number of hydrogen-bond donors (Lipinski definition) is 1. The van der Waals surface area contributed by atoms with Crippen LogP contribution in [0.1, 0.15) is 25.0 Å². The number of halogens is 3. The van der Waals surface area contributed by atoms with Gasteiger partial charge in [0.15, 0.2) is 0 Å². The number of aromatic nitrogens is 2. The van der Waals surface area contributed by atoms with Crippen molar-refractivity contribution in [2.45, 2.75) is 31.7 Å². The number of likely N-dealkylation sites (tertiary alicyclic amines) is 1. The molecule has 2 unspecified atom stereocenters. The Hall–Kier alpha value is -1.90. The van der Waals surface area contributed by atoms with Crippen LogP contribution in [0.15, 0.2) is 42.6 Å². The van der Waals surface area contributed by atoms with E-state index in [1.807, 2.05) is 48.0 Å². The first kappa shape index (κ1) is 20.8. The fraction of sp³-hybridized carbons (Fsp3) is 0.550. The molecule has 1 fully saturated rings. The van der Waals surface area contributed by atoms with Crippen LogP contribution >= 0.6 is 0 Å². The maximum Gasteiger partial charge on any atom is 0.397 e. The van der Waals surface area contributed by atoms with Crippen molar-refractivity contribution in [3.8, 4) is 5.69 Å². The molecule has 0 bridgehead atoms. The lowest BCUT2D eigenvalue weighted by Crippen LogP contribution is -2.53. The summed E-state index contributed by atoms with van der Waals surface area (Å²) in [6, 6.07) is 11.8. The molecule has 1 aliphatic heterocycles. The summed E-state index contributed by atoms with van der Waals surface area (Å²) in [5.74, 6) is -1.64. The molecule has 1 aromatic carbocycles. The van der Waals surface area contributed by atoms with Gasteiger partial charge in [-0.25, -0.2) is 4.68 Å². The van der Waals surface area contributed by atoms with Crippen LogP contribution in [0.4, 0.5) is 13.2 Å². The fourth-order valence-electron chi connectivity index (χ4n) is 4.15. The Morgan fingerprint density at radius 2 is 1.96 bits per heavy atom. The maximum absolute atomic E-state index is 13.3. The van der Waals surface area contributed by atoms with Crippen molar-refractivity contribution in [1.29, 1.82) is 0 Å². The van der Waals surface area contributed by atoms with E-state index in [1.54, 1.807) is 11.1 Å². The normalized spacial score (nSPS) is 23.5. The quantitative estimate of drug-likeness (QED) is 0.811.